The monoisotopic (exact) mass is 210 g/mol. The summed E-state index contributed by atoms with van der Waals surface area (Å²) >= 11 is 0. The third kappa shape index (κ3) is 2.54. The summed E-state index contributed by atoms with van der Waals surface area (Å²) in [6.45, 7) is 1.76. The minimum atomic E-state index is -0.233. The van der Waals surface area contributed by atoms with Crippen LogP contribution in [-0.2, 0) is 19.4 Å². The van der Waals surface area contributed by atoms with Crippen LogP contribution in [0.25, 0.3) is 0 Å². The predicted molar refractivity (Wildman–Crippen MR) is 56.6 cm³/mol. The average Bonchev–Trinajstić information content (AvgIpc) is 2.56. The first-order valence-electron chi connectivity index (χ1n) is 5.40. The lowest BCUT2D eigenvalue weighted by Gasteiger charge is -2.16. The van der Waals surface area contributed by atoms with Gasteiger partial charge < -0.3 is 10.0 Å². The van der Waals surface area contributed by atoms with Crippen molar-refractivity contribution in [2.24, 2.45) is 0 Å². The molecule has 1 atom stereocenters. The molecule has 5 heteroatoms. The molecule has 0 aliphatic carbocycles. The molecule has 0 spiro atoms. The van der Waals surface area contributed by atoms with Gasteiger partial charge in [-0.1, -0.05) is 0 Å². The maximum Gasteiger partial charge on any atom is 0.152 e. The lowest BCUT2D eigenvalue weighted by molar-refractivity contribution is 0.138. The molecule has 15 heavy (non-hydrogen) atoms. The number of aryl methyl sites for hydroxylation is 1. The summed E-state index contributed by atoms with van der Waals surface area (Å²) in [6.07, 6.45) is 2.09. The molecule has 2 heterocycles. The van der Waals surface area contributed by atoms with Crippen molar-refractivity contribution in [2.45, 2.75) is 31.9 Å². The second-order valence-corrected chi connectivity index (χ2v) is 4.37. The van der Waals surface area contributed by atoms with Crippen LogP contribution in [0.1, 0.15) is 18.1 Å². The van der Waals surface area contributed by atoms with Gasteiger partial charge in [0, 0.05) is 25.9 Å². The van der Waals surface area contributed by atoms with Crippen LogP contribution in [0.5, 0.6) is 0 Å². The highest BCUT2D eigenvalue weighted by Crippen LogP contribution is 2.12. The summed E-state index contributed by atoms with van der Waals surface area (Å²) in [7, 11) is 4.08. The average molecular weight is 210 g/mol. The highest BCUT2D eigenvalue weighted by atomic mass is 16.3. The van der Waals surface area contributed by atoms with E-state index in [0.29, 0.717) is 6.42 Å². The lowest BCUT2D eigenvalue weighted by atomic mass is 10.1. The van der Waals surface area contributed by atoms with Crippen molar-refractivity contribution in [3.8, 4) is 0 Å². The van der Waals surface area contributed by atoms with Gasteiger partial charge in [0.1, 0.15) is 5.82 Å². The predicted octanol–water partition coefficient (Wildman–Crippen LogP) is -0.311. The van der Waals surface area contributed by atoms with Gasteiger partial charge in [0.2, 0.25) is 0 Å². The van der Waals surface area contributed by atoms with Gasteiger partial charge >= 0.3 is 0 Å². The van der Waals surface area contributed by atoms with Crippen molar-refractivity contribution < 1.29 is 5.11 Å². The normalized spacial score (nSPS) is 20.7. The number of nitrogens with zero attached hydrogens (tertiary/aromatic N) is 4. The van der Waals surface area contributed by atoms with E-state index < -0.39 is 0 Å². The molecule has 1 aliphatic rings. The van der Waals surface area contributed by atoms with Crippen molar-refractivity contribution in [3.63, 3.8) is 0 Å². The highest BCUT2D eigenvalue weighted by molar-refractivity contribution is 4.98. The Morgan fingerprint density at radius 2 is 2.33 bits per heavy atom. The molecule has 0 aromatic carbocycles. The molecular weight excluding hydrogens is 192 g/mol. The molecule has 0 radical (unpaired) electrons. The Balaban J connectivity index is 2.03. The van der Waals surface area contributed by atoms with Crippen LogP contribution < -0.4 is 0 Å². The first kappa shape index (κ1) is 10.6. The van der Waals surface area contributed by atoms with Gasteiger partial charge in [0.05, 0.1) is 6.10 Å². The van der Waals surface area contributed by atoms with Crippen LogP contribution in [0.15, 0.2) is 0 Å². The highest BCUT2D eigenvalue weighted by Gasteiger charge is 2.19. The minimum absolute atomic E-state index is 0.233. The van der Waals surface area contributed by atoms with Crippen LogP contribution in [0.3, 0.4) is 0 Å². The summed E-state index contributed by atoms with van der Waals surface area (Å²) < 4.78 is 1.93. The van der Waals surface area contributed by atoms with Crippen LogP contribution in [-0.4, -0.2) is 51.5 Å². The summed E-state index contributed by atoms with van der Waals surface area (Å²) in [4.78, 5) is 6.56. The van der Waals surface area contributed by atoms with E-state index in [1.54, 1.807) is 0 Å². The summed E-state index contributed by atoms with van der Waals surface area (Å²) in [5.41, 5.74) is 0. The number of fused-ring (bicyclic) bond motifs is 1. The first-order valence-corrected chi connectivity index (χ1v) is 5.40. The molecular formula is C10H18N4O. The number of aliphatic hydroxyl groups excluding tert-OH is 1. The third-order valence-corrected chi connectivity index (χ3v) is 2.67. The van der Waals surface area contributed by atoms with E-state index >= 15 is 0 Å². The number of likely N-dealkylation sites (N-methyl/N-ethyl adjacent to an activating group) is 1. The number of aromatic nitrogens is 3. The molecule has 2 rings (SSSR count). The number of hydrogen-bond acceptors (Lipinski definition) is 4. The largest absolute Gasteiger partial charge is 0.393 e. The van der Waals surface area contributed by atoms with Gasteiger partial charge in [-0.25, -0.2) is 9.67 Å². The standard InChI is InChI=1S/C10H18N4O/c1-13(2)5-4-9-11-10-7-8(15)3-6-14(10)12-9/h8,15H,3-7H2,1-2H3. The van der Waals surface area contributed by atoms with Gasteiger partial charge in [-0.05, 0) is 20.5 Å². The fourth-order valence-corrected chi connectivity index (χ4v) is 1.77. The van der Waals surface area contributed by atoms with Crippen LogP contribution in [0, 0.1) is 0 Å². The van der Waals surface area contributed by atoms with Crippen molar-refractivity contribution in [3.05, 3.63) is 11.6 Å². The maximum absolute atomic E-state index is 9.49. The van der Waals surface area contributed by atoms with E-state index in [2.05, 4.69) is 15.0 Å². The lowest BCUT2D eigenvalue weighted by Crippen LogP contribution is -2.23. The van der Waals surface area contributed by atoms with Gasteiger partial charge in [-0.15, -0.1) is 0 Å². The zero-order chi connectivity index (χ0) is 10.8. The Labute approximate surface area is 89.7 Å². The molecule has 1 N–H and O–H groups in total. The Morgan fingerprint density at radius 1 is 1.53 bits per heavy atom. The number of hydrogen-bond donors (Lipinski definition) is 1. The molecule has 1 aromatic heterocycles. The van der Waals surface area contributed by atoms with Crippen molar-refractivity contribution in [2.75, 3.05) is 20.6 Å². The summed E-state index contributed by atoms with van der Waals surface area (Å²) in [6, 6.07) is 0. The summed E-state index contributed by atoms with van der Waals surface area (Å²) in [5, 5.41) is 13.9. The molecule has 1 unspecified atom stereocenters. The Bertz CT molecular complexity index is 334. The van der Waals surface area contributed by atoms with Crippen LogP contribution in [0.2, 0.25) is 0 Å². The Kier molecular flexibility index (Phi) is 3.02. The van der Waals surface area contributed by atoms with E-state index in [1.165, 1.54) is 0 Å². The van der Waals surface area contributed by atoms with E-state index in [0.717, 1.165) is 37.6 Å². The van der Waals surface area contributed by atoms with Crippen molar-refractivity contribution in [1.29, 1.82) is 0 Å². The summed E-state index contributed by atoms with van der Waals surface area (Å²) in [5.74, 6) is 1.83. The van der Waals surface area contributed by atoms with E-state index in [4.69, 9.17) is 0 Å². The quantitative estimate of drug-likeness (QED) is 0.743. The van der Waals surface area contributed by atoms with E-state index in [9.17, 15) is 5.11 Å². The van der Waals surface area contributed by atoms with Crippen LogP contribution in [0.4, 0.5) is 0 Å². The second kappa shape index (κ2) is 4.28. The minimum Gasteiger partial charge on any atom is -0.393 e. The first-order chi connectivity index (χ1) is 7.15. The Morgan fingerprint density at radius 3 is 3.07 bits per heavy atom. The van der Waals surface area contributed by atoms with Gasteiger partial charge in [-0.3, -0.25) is 0 Å². The number of aliphatic hydroxyl groups is 1. The smallest absolute Gasteiger partial charge is 0.152 e. The molecule has 84 valence electrons. The zero-order valence-corrected chi connectivity index (χ0v) is 9.35. The zero-order valence-electron chi connectivity index (χ0n) is 9.35. The fourth-order valence-electron chi connectivity index (χ4n) is 1.77. The Hall–Kier alpha value is -0.940. The fraction of sp³-hybridized carbons (Fsp3) is 0.800. The molecule has 0 saturated carbocycles. The van der Waals surface area contributed by atoms with Gasteiger partial charge in [0.25, 0.3) is 0 Å². The molecule has 1 aromatic rings. The molecule has 0 fully saturated rings. The maximum atomic E-state index is 9.49. The molecule has 0 saturated heterocycles. The van der Waals surface area contributed by atoms with E-state index in [-0.39, 0.29) is 6.10 Å². The molecule has 0 amide bonds. The van der Waals surface area contributed by atoms with Gasteiger partial charge in [0.15, 0.2) is 5.82 Å². The topological polar surface area (TPSA) is 54.2 Å². The SMILES string of the molecule is CN(C)CCc1nc2n(n1)CCC(O)C2. The third-order valence-electron chi connectivity index (χ3n) is 2.67. The van der Waals surface area contributed by atoms with E-state index in [1.807, 2.05) is 18.8 Å². The molecule has 5 nitrogen and oxygen atoms in total. The number of rotatable bonds is 3. The molecule has 0 bridgehead atoms. The molecule has 1 aliphatic heterocycles. The van der Waals surface area contributed by atoms with Crippen LogP contribution >= 0.6 is 0 Å². The van der Waals surface area contributed by atoms with Crippen molar-refractivity contribution >= 4 is 0 Å². The van der Waals surface area contributed by atoms with Gasteiger partial charge in [-0.2, -0.15) is 5.10 Å². The van der Waals surface area contributed by atoms with Crippen molar-refractivity contribution in [1.82, 2.24) is 19.7 Å². The second-order valence-electron chi connectivity index (χ2n) is 4.37.